The SMILES string of the molecule is CC(C)CC(C(=O)NCC#N)c1cccc(-c2ccc(N3CCN(C(=O)O)CC3)cc2)c1. The molecule has 1 aliphatic heterocycles. The van der Waals surface area contributed by atoms with E-state index in [-0.39, 0.29) is 18.4 Å². The first-order chi connectivity index (χ1) is 15.4. The summed E-state index contributed by atoms with van der Waals surface area (Å²) in [6, 6.07) is 18.2. The third-order valence-electron chi connectivity index (χ3n) is 5.77. The molecule has 7 heteroatoms. The van der Waals surface area contributed by atoms with Crippen molar-refractivity contribution >= 4 is 17.7 Å². The van der Waals surface area contributed by atoms with E-state index >= 15 is 0 Å². The molecule has 1 atom stereocenters. The average molecular weight is 435 g/mol. The molecule has 0 spiro atoms. The fraction of sp³-hybridized carbons (Fsp3) is 0.400. The van der Waals surface area contributed by atoms with Gasteiger partial charge in [0.15, 0.2) is 0 Å². The van der Waals surface area contributed by atoms with Crippen LogP contribution in [0.15, 0.2) is 48.5 Å². The molecule has 2 amide bonds. The van der Waals surface area contributed by atoms with Gasteiger partial charge in [-0.2, -0.15) is 5.26 Å². The number of carboxylic acid groups (broad SMARTS) is 1. The number of piperazine rings is 1. The van der Waals surface area contributed by atoms with Crippen molar-refractivity contribution in [2.45, 2.75) is 26.2 Å². The number of anilines is 1. The van der Waals surface area contributed by atoms with E-state index in [4.69, 9.17) is 10.4 Å². The molecule has 1 heterocycles. The van der Waals surface area contributed by atoms with Crippen LogP contribution in [0.2, 0.25) is 0 Å². The van der Waals surface area contributed by atoms with Crippen molar-refractivity contribution in [1.82, 2.24) is 10.2 Å². The highest BCUT2D eigenvalue weighted by Gasteiger charge is 2.23. The minimum atomic E-state index is -0.864. The Labute approximate surface area is 189 Å². The lowest BCUT2D eigenvalue weighted by Gasteiger charge is -2.34. The molecule has 1 fully saturated rings. The van der Waals surface area contributed by atoms with E-state index in [1.807, 2.05) is 24.3 Å². The summed E-state index contributed by atoms with van der Waals surface area (Å²) in [7, 11) is 0. The van der Waals surface area contributed by atoms with Gasteiger partial charge in [-0.1, -0.05) is 50.2 Å². The summed E-state index contributed by atoms with van der Waals surface area (Å²) in [5.74, 6) is -0.0706. The normalized spacial score (nSPS) is 14.7. The van der Waals surface area contributed by atoms with Crippen molar-refractivity contribution in [2.75, 3.05) is 37.6 Å². The van der Waals surface area contributed by atoms with Crippen LogP contribution in [0.3, 0.4) is 0 Å². The van der Waals surface area contributed by atoms with Crippen LogP contribution in [0.25, 0.3) is 11.1 Å². The molecule has 168 valence electrons. The van der Waals surface area contributed by atoms with Gasteiger partial charge in [-0.05, 0) is 41.2 Å². The van der Waals surface area contributed by atoms with E-state index in [0.717, 1.165) is 22.4 Å². The maximum atomic E-state index is 12.7. The lowest BCUT2D eigenvalue weighted by Crippen LogP contribution is -2.48. The summed E-state index contributed by atoms with van der Waals surface area (Å²) < 4.78 is 0. The smallest absolute Gasteiger partial charge is 0.407 e. The van der Waals surface area contributed by atoms with Crippen LogP contribution >= 0.6 is 0 Å². The maximum absolute atomic E-state index is 12.7. The van der Waals surface area contributed by atoms with E-state index in [1.165, 1.54) is 4.90 Å². The molecule has 2 N–H and O–H groups in total. The van der Waals surface area contributed by atoms with Gasteiger partial charge in [-0.25, -0.2) is 4.79 Å². The minimum Gasteiger partial charge on any atom is -0.465 e. The van der Waals surface area contributed by atoms with Crippen LogP contribution in [0.5, 0.6) is 0 Å². The highest BCUT2D eigenvalue weighted by atomic mass is 16.4. The van der Waals surface area contributed by atoms with Gasteiger partial charge in [0.25, 0.3) is 0 Å². The fourth-order valence-electron chi connectivity index (χ4n) is 4.07. The zero-order valence-electron chi connectivity index (χ0n) is 18.6. The predicted octanol–water partition coefficient (Wildman–Crippen LogP) is 3.92. The van der Waals surface area contributed by atoms with E-state index in [1.54, 1.807) is 0 Å². The second-order valence-electron chi connectivity index (χ2n) is 8.49. The third-order valence-corrected chi connectivity index (χ3v) is 5.77. The van der Waals surface area contributed by atoms with Crippen LogP contribution in [0.1, 0.15) is 31.7 Å². The summed E-state index contributed by atoms with van der Waals surface area (Å²) >= 11 is 0. The molecular formula is C25H30N4O3. The molecule has 1 saturated heterocycles. The number of benzene rings is 2. The summed E-state index contributed by atoms with van der Waals surface area (Å²) in [6.45, 7) is 6.54. The van der Waals surface area contributed by atoms with Crippen molar-refractivity contribution < 1.29 is 14.7 Å². The van der Waals surface area contributed by atoms with E-state index in [2.05, 4.69) is 54.4 Å². The Morgan fingerprint density at radius 2 is 1.75 bits per heavy atom. The molecule has 0 aromatic heterocycles. The van der Waals surface area contributed by atoms with Crippen molar-refractivity contribution in [3.63, 3.8) is 0 Å². The zero-order valence-corrected chi connectivity index (χ0v) is 18.6. The summed E-state index contributed by atoms with van der Waals surface area (Å²) in [5, 5.41) is 20.6. The van der Waals surface area contributed by atoms with Gasteiger partial charge in [0, 0.05) is 31.9 Å². The summed E-state index contributed by atoms with van der Waals surface area (Å²) in [4.78, 5) is 27.4. The molecule has 32 heavy (non-hydrogen) atoms. The number of carbonyl (C=O) groups is 2. The number of nitrogens with zero attached hydrogens (tertiary/aromatic N) is 3. The van der Waals surface area contributed by atoms with Crippen molar-refractivity contribution in [3.05, 3.63) is 54.1 Å². The second kappa shape index (κ2) is 10.7. The van der Waals surface area contributed by atoms with Crippen LogP contribution < -0.4 is 10.2 Å². The molecule has 2 aromatic rings. The molecule has 0 aliphatic carbocycles. The Kier molecular flexibility index (Phi) is 7.72. The molecule has 7 nitrogen and oxygen atoms in total. The topological polar surface area (TPSA) is 96.7 Å². The molecule has 2 aromatic carbocycles. The summed E-state index contributed by atoms with van der Waals surface area (Å²) in [5.41, 5.74) is 4.11. The highest BCUT2D eigenvalue weighted by Crippen LogP contribution is 2.30. The van der Waals surface area contributed by atoms with Gasteiger partial charge in [0.1, 0.15) is 6.54 Å². The number of rotatable bonds is 7. The fourth-order valence-corrected chi connectivity index (χ4v) is 4.07. The number of nitrogens with one attached hydrogen (secondary N) is 1. The van der Waals surface area contributed by atoms with Crippen LogP contribution in [0, 0.1) is 17.2 Å². The lowest BCUT2D eigenvalue weighted by atomic mass is 9.88. The third kappa shape index (κ3) is 5.79. The summed E-state index contributed by atoms with van der Waals surface area (Å²) in [6.07, 6.45) is -0.154. The van der Waals surface area contributed by atoms with Crippen LogP contribution in [0.4, 0.5) is 10.5 Å². The number of hydrogen-bond acceptors (Lipinski definition) is 4. The Balaban J connectivity index is 1.76. The van der Waals surface area contributed by atoms with Gasteiger partial charge in [-0.3, -0.25) is 4.79 Å². The van der Waals surface area contributed by atoms with Crippen LogP contribution in [-0.4, -0.2) is 54.7 Å². The van der Waals surface area contributed by atoms with Crippen molar-refractivity contribution in [3.8, 4) is 17.2 Å². The van der Waals surface area contributed by atoms with Gasteiger partial charge in [0.05, 0.1) is 12.0 Å². The van der Waals surface area contributed by atoms with Gasteiger partial charge in [-0.15, -0.1) is 0 Å². The standard InChI is InChI=1S/C25H30N4O3/c1-18(2)16-23(24(30)27-11-10-26)21-5-3-4-20(17-21)19-6-8-22(9-7-19)28-12-14-29(15-13-28)25(31)32/h3-9,17-18,23H,11-16H2,1-2H3,(H,27,30)(H,31,32). The Morgan fingerprint density at radius 3 is 2.34 bits per heavy atom. The second-order valence-corrected chi connectivity index (χ2v) is 8.49. The maximum Gasteiger partial charge on any atom is 0.407 e. The molecular weight excluding hydrogens is 404 g/mol. The first kappa shape index (κ1) is 23.1. The predicted molar refractivity (Wildman–Crippen MR) is 125 cm³/mol. The quantitative estimate of drug-likeness (QED) is 0.644. The first-order valence-electron chi connectivity index (χ1n) is 11.0. The number of amides is 2. The molecule has 1 unspecified atom stereocenters. The molecule has 1 aliphatic rings. The number of carbonyl (C=O) groups excluding carboxylic acids is 1. The van der Waals surface area contributed by atoms with Crippen LogP contribution in [-0.2, 0) is 4.79 Å². The van der Waals surface area contributed by atoms with Gasteiger partial charge < -0.3 is 20.2 Å². The molecule has 0 saturated carbocycles. The van der Waals surface area contributed by atoms with Gasteiger partial charge in [0.2, 0.25) is 5.91 Å². The largest absolute Gasteiger partial charge is 0.465 e. The zero-order chi connectivity index (χ0) is 23.1. The first-order valence-corrected chi connectivity index (χ1v) is 11.0. The average Bonchev–Trinajstić information content (AvgIpc) is 2.81. The molecule has 3 rings (SSSR count). The van der Waals surface area contributed by atoms with E-state index < -0.39 is 6.09 Å². The highest BCUT2D eigenvalue weighted by molar-refractivity contribution is 5.84. The molecule has 0 radical (unpaired) electrons. The Morgan fingerprint density at radius 1 is 1.06 bits per heavy atom. The molecule has 0 bridgehead atoms. The lowest BCUT2D eigenvalue weighted by molar-refractivity contribution is -0.122. The van der Waals surface area contributed by atoms with Gasteiger partial charge >= 0.3 is 6.09 Å². The van der Waals surface area contributed by atoms with E-state index in [0.29, 0.717) is 38.5 Å². The van der Waals surface area contributed by atoms with Crippen molar-refractivity contribution in [1.29, 1.82) is 5.26 Å². The number of hydrogen-bond donors (Lipinski definition) is 2. The monoisotopic (exact) mass is 434 g/mol. The van der Waals surface area contributed by atoms with Crippen molar-refractivity contribution in [2.24, 2.45) is 5.92 Å². The Hall–Kier alpha value is -3.53. The Bertz CT molecular complexity index is 973. The van der Waals surface area contributed by atoms with E-state index in [9.17, 15) is 9.59 Å². The minimum absolute atomic E-state index is 0.00923. The number of nitriles is 1.